The highest BCUT2D eigenvalue weighted by atomic mass is 35.5. The number of hydrogen-bond acceptors (Lipinski definition) is 0. The molecule has 0 amide bonds. The average molecular weight is 469 g/mol. The number of rotatable bonds is 9. The molecule has 0 fully saturated rings. The maximum atomic E-state index is 4.28. The number of quaternary nitrogens is 3. The van der Waals surface area contributed by atoms with Crippen LogP contribution in [-0.4, -0.2) is 19.1 Å². The molecular formula is C24H32Cl3N3. The monoisotopic (exact) mass is 467 g/mol. The van der Waals surface area contributed by atoms with Gasteiger partial charge in [0.2, 0.25) is 0 Å². The third-order valence-corrected chi connectivity index (χ3v) is 4.95. The zero-order valence-corrected chi connectivity index (χ0v) is 19.5. The van der Waals surface area contributed by atoms with Crippen molar-refractivity contribution < 1.29 is 54.0 Å². The normalized spacial score (nSPS) is 10.9. The molecule has 3 aromatic carbocycles. The Morgan fingerprint density at radius 3 is 1.67 bits per heavy atom. The number of halogens is 3. The van der Waals surface area contributed by atoms with Crippen LogP contribution in [0, 0.1) is 0 Å². The van der Waals surface area contributed by atoms with Gasteiger partial charge in [-0.25, -0.2) is 0 Å². The first-order valence-corrected chi connectivity index (χ1v) is 9.95. The lowest BCUT2D eigenvalue weighted by Gasteiger charge is -2.11. The molecule has 1 atom stereocenters. The summed E-state index contributed by atoms with van der Waals surface area (Å²) in [6.07, 6.45) is 2.34. The molecule has 3 nitrogen and oxygen atoms in total. The van der Waals surface area contributed by atoms with Gasteiger partial charge >= 0.3 is 0 Å². The Hall–Kier alpha value is -1.59. The van der Waals surface area contributed by atoms with Gasteiger partial charge < -0.3 is 54.0 Å². The highest BCUT2D eigenvalue weighted by Crippen LogP contribution is 2.28. The Morgan fingerprint density at radius 1 is 0.700 bits per heavy atom. The highest BCUT2D eigenvalue weighted by molar-refractivity contribution is 5.74. The van der Waals surface area contributed by atoms with E-state index in [0.29, 0.717) is 6.04 Å². The predicted octanol–water partition coefficient (Wildman–Crippen LogP) is -7.27. The Kier molecular flexibility index (Phi) is 14.4. The largest absolute Gasteiger partial charge is 1.00 e. The van der Waals surface area contributed by atoms with Crippen molar-refractivity contribution in [2.75, 3.05) is 13.1 Å². The molecule has 0 aromatic heterocycles. The maximum Gasteiger partial charge on any atom is 0.134 e. The Morgan fingerprint density at radius 2 is 1.20 bits per heavy atom. The third-order valence-electron chi connectivity index (χ3n) is 4.95. The van der Waals surface area contributed by atoms with Crippen LogP contribution in [0.15, 0.2) is 78.9 Å². The fourth-order valence-electron chi connectivity index (χ4n) is 3.44. The topological polar surface area (TPSA) is 71.9 Å². The van der Waals surface area contributed by atoms with Crippen LogP contribution in [0.25, 0.3) is 22.3 Å². The van der Waals surface area contributed by atoms with Crippen LogP contribution in [0.1, 0.15) is 18.4 Å². The standard InChI is InChI=1S/C24H29N3.3ClH/c25-13-7-12-24(26)18-27-17-19-14-22(20-8-3-1-4-9-20)16-23(15-19)21-10-5-2-6-11-21;;;/h1-6,8-11,14-16,24,27H,7,12-13,17-18,25-26H2;3*1H/t24-;;;/m0.../s1. The van der Waals surface area contributed by atoms with Crippen LogP contribution >= 0.6 is 0 Å². The number of hydrogen-bond donors (Lipinski definition) is 3. The minimum atomic E-state index is 0. The van der Waals surface area contributed by atoms with Crippen LogP contribution in [0.3, 0.4) is 0 Å². The van der Waals surface area contributed by atoms with Gasteiger partial charge in [-0.3, -0.25) is 0 Å². The number of nitrogens with two attached hydrogens (primary N) is 1. The molecule has 0 unspecified atom stereocenters. The molecule has 0 saturated heterocycles. The van der Waals surface area contributed by atoms with E-state index in [9.17, 15) is 0 Å². The molecule has 3 rings (SSSR count). The van der Waals surface area contributed by atoms with Gasteiger partial charge in [0.15, 0.2) is 0 Å². The van der Waals surface area contributed by atoms with Gasteiger partial charge in [0, 0.05) is 18.4 Å². The molecule has 164 valence electrons. The van der Waals surface area contributed by atoms with Crippen LogP contribution < -0.4 is 54.0 Å². The molecule has 3 aromatic rings. The summed E-state index contributed by atoms with van der Waals surface area (Å²) in [7, 11) is 0. The molecule has 0 spiro atoms. The van der Waals surface area contributed by atoms with Crippen LogP contribution in [0.2, 0.25) is 0 Å². The van der Waals surface area contributed by atoms with Gasteiger partial charge in [-0.05, 0) is 40.5 Å². The second kappa shape index (κ2) is 15.2. The van der Waals surface area contributed by atoms with Crippen LogP contribution in [0.5, 0.6) is 0 Å². The molecular weight excluding hydrogens is 437 g/mol. The first kappa shape index (κ1) is 28.4. The van der Waals surface area contributed by atoms with Crippen molar-refractivity contribution in [2.24, 2.45) is 0 Å². The van der Waals surface area contributed by atoms with E-state index in [2.05, 4.69) is 95.6 Å². The maximum absolute atomic E-state index is 4.28. The second-order valence-corrected chi connectivity index (χ2v) is 7.24. The average Bonchev–Trinajstić information content (AvgIpc) is 2.73. The van der Waals surface area contributed by atoms with Gasteiger partial charge in [-0.15, -0.1) is 0 Å². The van der Waals surface area contributed by atoms with Gasteiger partial charge in [0.1, 0.15) is 19.1 Å². The molecule has 0 heterocycles. The highest BCUT2D eigenvalue weighted by Gasteiger charge is 2.10. The molecule has 0 aliphatic rings. The van der Waals surface area contributed by atoms with E-state index >= 15 is 0 Å². The lowest BCUT2D eigenvalue weighted by molar-refractivity contribution is -0.694. The first-order chi connectivity index (χ1) is 13.3. The molecule has 8 N–H and O–H groups in total. The second-order valence-electron chi connectivity index (χ2n) is 7.24. The summed E-state index contributed by atoms with van der Waals surface area (Å²) in [5.74, 6) is 0. The number of benzene rings is 3. The molecule has 0 radical (unpaired) electrons. The van der Waals surface area contributed by atoms with Crippen molar-refractivity contribution in [2.45, 2.75) is 25.4 Å². The van der Waals surface area contributed by atoms with Crippen molar-refractivity contribution >= 4 is 0 Å². The predicted molar refractivity (Wildman–Crippen MR) is 111 cm³/mol. The lowest BCUT2D eigenvalue weighted by atomic mass is 9.96. The Labute approximate surface area is 198 Å². The minimum Gasteiger partial charge on any atom is -1.00 e. The molecule has 0 aliphatic carbocycles. The van der Waals surface area contributed by atoms with Gasteiger partial charge in [0.25, 0.3) is 0 Å². The lowest BCUT2D eigenvalue weighted by Crippen LogP contribution is -3.00. The molecule has 6 heteroatoms. The molecule has 0 bridgehead atoms. The van der Waals surface area contributed by atoms with E-state index in [1.807, 2.05) is 0 Å². The van der Waals surface area contributed by atoms with Crippen molar-refractivity contribution in [3.63, 3.8) is 0 Å². The fourth-order valence-corrected chi connectivity index (χ4v) is 3.44. The van der Waals surface area contributed by atoms with Crippen molar-refractivity contribution in [3.8, 4) is 22.3 Å². The summed E-state index contributed by atoms with van der Waals surface area (Å²) in [5, 5.41) is 2.39. The van der Waals surface area contributed by atoms with E-state index in [1.54, 1.807) is 0 Å². The molecule has 0 saturated carbocycles. The van der Waals surface area contributed by atoms with Gasteiger partial charge in [0.05, 0.1) is 6.54 Å². The third kappa shape index (κ3) is 8.65. The summed E-state index contributed by atoms with van der Waals surface area (Å²) in [4.78, 5) is 0. The van der Waals surface area contributed by atoms with E-state index < -0.39 is 0 Å². The summed E-state index contributed by atoms with van der Waals surface area (Å²) >= 11 is 0. The zero-order chi connectivity index (χ0) is 18.9. The first-order valence-electron chi connectivity index (χ1n) is 9.95. The molecule has 30 heavy (non-hydrogen) atoms. The SMILES string of the molecule is [Cl-].[Cl-].[Cl-].[NH3+]CCC[C@H]([NH3+])C[NH2+]Cc1cc(-c2ccccc2)cc(-c2ccccc2)c1. The van der Waals surface area contributed by atoms with Crippen molar-refractivity contribution in [1.29, 1.82) is 0 Å². The Balaban J connectivity index is 0.00000280. The van der Waals surface area contributed by atoms with E-state index in [4.69, 9.17) is 0 Å². The summed E-state index contributed by atoms with van der Waals surface area (Å²) in [5.41, 5.74) is 14.7. The summed E-state index contributed by atoms with van der Waals surface area (Å²) < 4.78 is 0. The van der Waals surface area contributed by atoms with E-state index in [0.717, 1.165) is 19.6 Å². The Bertz CT molecular complexity index is 772. The quantitative estimate of drug-likeness (QED) is 0.279. The van der Waals surface area contributed by atoms with Crippen molar-refractivity contribution in [1.82, 2.24) is 0 Å². The van der Waals surface area contributed by atoms with E-state index in [1.165, 1.54) is 40.7 Å². The minimum absolute atomic E-state index is 0. The smallest absolute Gasteiger partial charge is 0.134 e. The summed E-state index contributed by atoms with van der Waals surface area (Å²) in [6.45, 7) is 3.05. The van der Waals surface area contributed by atoms with E-state index in [-0.39, 0.29) is 37.2 Å². The summed E-state index contributed by atoms with van der Waals surface area (Å²) in [6, 6.07) is 28.7. The fraction of sp³-hybridized carbons (Fsp3) is 0.250. The van der Waals surface area contributed by atoms with Crippen LogP contribution in [0.4, 0.5) is 0 Å². The van der Waals surface area contributed by atoms with Gasteiger partial charge in [-0.1, -0.05) is 60.7 Å². The van der Waals surface area contributed by atoms with Crippen LogP contribution in [-0.2, 0) is 6.54 Å². The van der Waals surface area contributed by atoms with Crippen molar-refractivity contribution in [3.05, 3.63) is 84.4 Å². The molecule has 0 aliphatic heterocycles. The van der Waals surface area contributed by atoms with Gasteiger partial charge in [-0.2, -0.15) is 0 Å². The zero-order valence-electron chi connectivity index (χ0n) is 17.2.